The fourth-order valence-corrected chi connectivity index (χ4v) is 1.98. The van der Waals surface area contributed by atoms with Gasteiger partial charge < -0.3 is 10.1 Å². The second-order valence-electron chi connectivity index (χ2n) is 2.81. The van der Waals surface area contributed by atoms with Crippen LogP contribution >= 0.6 is 11.8 Å². The summed E-state index contributed by atoms with van der Waals surface area (Å²) in [7, 11) is 0. The number of nitrogens with zero attached hydrogens (tertiary/aromatic N) is 1. The Balaban J connectivity index is 2.12. The Morgan fingerprint density at radius 3 is 3.46 bits per heavy atom. The lowest BCUT2D eigenvalue weighted by atomic mass is 10.3. The molecule has 0 radical (unpaired) electrons. The van der Waals surface area contributed by atoms with Crippen molar-refractivity contribution >= 4 is 11.8 Å². The van der Waals surface area contributed by atoms with Crippen LogP contribution in [0.5, 0.6) is 5.75 Å². The molecule has 13 heavy (non-hydrogen) atoms. The van der Waals surface area contributed by atoms with Crippen molar-refractivity contribution in [3.05, 3.63) is 18.0 Å². The normalized spacial score (nSPS) is 13.9. The first-order valence-electron chi connectivity index (χ1n) is 4.35. The van der Waals surface area contributed by atoms with E-state index in [1.807, 2.05) is 6.20 Å². The lowest BCUT2D eigenvalue weighted by molar-refractivity contribution is 0.395. The third kappa shape index (κ3) is 1.95. The molecule has 0 bridgehead atoms. The molecule has 1 aromatic rings. The van der Waals surface area contributed by atoms with E-state index in [1.165, 1.54) is 4.90 Å². The van der Waals surface area contributed by atoms with Crippen LogP contribution in [-0.2, 0) is 6.54 Å². The zero-order valence-corrected chi connectivity index (χ0v) is 8.36. The fourth-order valence-electron chi connectivity index (χ4n) is 1.19. The van der Waals surface area contributed by atoms with Crippen LogP contribution in [0.1, 0.15) is 12.6 Å². The first kappa shape index (κ1) is 8.84. The fraction of sp³-hybridized carbons (Fsp3) is 0.444. The molecule has 0 fully saturated rings. The Morgan fingerprint density at radius 1 is 1.69 bits per heavy atom. The van der Waals surface area contributed by atoms with Gasteiger partial charge in [-0.2, -0.15) is 0 Å². The molecule has 0 aliphatic carbocycles. The molecule has 1 aliphatic heterocycles. The molecule has 0 aromatic carbocycles. The van der Waals surface area contributed by atoms with Gasteiger partial charge in [0.15, 0.2) is 5.75 Å². The van der Waals surface area contributed by atoms with E-state index in [9.17, 15) is 0 Å². The summed E-state index contributed by atoms with van der Waals surface area (Å²) >= 11 is 1.73. The highest BCUT2D eigenvalue weighted by Crippen LogP contribution is 2.35. The van der Waals surface area contributed by atoms with Gasteiger partial charge in [0.2, 0.25) is 0 Å². The highest BCUT2D eigenvalue weighted by atomic mass is 32.2. The summed E-state index contributed by atoms with van der Waals surface area (Å²) in [6, 6.07) is 2.09. The smallest absolute Gasteiger partial charge is 0.152 e. The number of thioether (sulfide) groups is 1. The third-order valence-corrected chi connectivity index (χ3v) is 2.74. The van der Waals surface area contributed by atoms with E-state index in [0.717, 1.165) is 30.5 Å². The van der Waals surface area contributed by atoms with E-state index in [-0.39, 0.29) is 0 Å². The van der Waals surface area contributed by atoms with E-state index in [4.69, 9.17) is 4.74 Å². The average Bonchev–Trinajstić information content (AvgIpc) is 2.61. The predicted molar refractivity (Wildman–Crippen MR) is 53.0 cm³/mol. The predicted octanol–water partition coefficient (Wildman–Crippen LogP) is 1.63. The molecule has 0 amide bonds. The first-order valence-corrected chi connectivity index (χ1v) is 5.34. The molecule has 0 atom stereocenters. The second kappa shape index (κ2) is 3.98. The molecule has 1 aromatic heterocycles. The van der Waals surface area contributed by atoms with Crippen LogP contribution in [0.2, 0.25) is 0 Å². The molecule has 0 unspecified atom stereocenters. The maximum absolute atomic E-state index is 5.34. The minimum atomic E-state index is 0.724. The van der Waals surface area contributed by atoms with E-state index in [2.05, 4.69) is 23.3 Å². The number of hydrogen-bond acceptors (Lipinski definition) is 4. The molecule has 70 valence electrons. The van der Waals surface area contributed by atoms with Crippen molar-refractivity contribution in [1.29, 1.82) is 0 Å². The van der Waals surface area contributed by atoms with Crippen molar-refractivity contribution in [2.24, 2.45) is 0 Å². The zero-order chi connectivity index (χ0) is 9.10. The van der Waals surface area contributed by atoms with Crippen molar-refractivity contribution in [2.75, 3.05) is 12.5 Å². The van der Waals surface area contributed by atoms with Gasteiger partial charge in [-0.3, -0.25) is 4.98 Å². The standard InChI is InChI=1S/C9H12N2OS/c1-2-10-4-7-3-9-8(5-11-7)12-6-13-9/h3,5,10H,2,4,6H2,1H3. The molecule has 1 aliphatic rings. The van der Waals surface area contributed by atoms with Gasteiger partial charge >= 0.3 is 0 Å². The summed E-state index contributed by atoms with van der Waals surface area (Å²) in [5.41, 5.74) is 1.08. The van der Waals surface area contributed by atoms with Crippen molar-refractivity contribution in [2.45, 2.75) is 18.4 Å². The third-order valence-electron chi connectivity index (χ3n) is 1.87. The van der Waals surface area contributed by atoms with Crippen LogP contribution in [0.4, 0.5) is 0 Å². The summed E-state index contributed by atoms with van der Waals surface area (Å²) in [5, 5.41) is 3.24. The monoisotopic (exact) mass is 196 g/mol. The quantitative estimate of drug-likeness (QED) is 0.796. The summed E-state index contributed by atoms with van der Waals surface area (Å²) in [6.07, 6.45) is 1.81. The highest BCUT2D eigenvalue weighted by molar-refractivity contribution is 7.99. The van der Waals surface area contributed by atoms with Crippen LogP contribution in [-0.4, -0.2) is 17.5 Å². The molecule has 2 rings (SSSR count). The number of fused-ring (bicyclic) bond motifs is 1. The molecular weight excluding hydrogens is 184 g/mol. The van der Waals surface area contributed by atoms with E-state index >= 15 is 0 Å². The van der Waals surface area contributed by atoms with Gasteiger partial charge in [0.25, 0.3) is 0 Å². The van der Waals surface area contributed by atoms with Crippen molar-refractivity contribution in [3.8, 4) is 5.75 Å². The molecular formula is C9H12N2OS. The minimum Gasteiger partial charge on any atom is -0.480 e. The Kier molecular flexibility index (Phi) is 2.71. The summed E-state index contributed by atoms with van der Waals surface area (Å²) in [5.74, 6) is 1.65. The topological polar surface area (TPSA) is 34.2 Å². The van der Waals surface area contributed by atoms with Crippen LogP contribution in [0.3, 0.4) is 0 Å². The number of ether oxygens (including phenoxy) is 1. The van der Waals surface area contributed by atoms with E-state index < -0.39 is 0 Å². The molecule has 1 N–H and O–H groups in total. The molecule has 3 nitrogen and oxygen atoms in total. The number of aromatic nitrogens is 1. The van der Waals surface area contributed by atoms with Gasteiger partial charge in [0.05, 0.1) is 16.8 Å². The number of hydrogen-bond donors (Lipinski definition) is 1. The number of pyridine rings is 1. The van der Waals surface area contributed by atoms with Gasteiger partial charge in [0.1, 0.15) is 5.94 Å². The van der Waals surface area contributed by atoms with Gasteiger partial charge in [-0.1, -0.05) is 18.7 Å². The Labute approximate surface area is 81.9 Å². The number of rotatable bonds is 3. The summed E-state index contributed by atoms with van der Waals surface area (Å²) < 4.78 is 5.34. The lowest BCUT2D eigenvalue weighted by Gasteiger charge is -2.02. The number of nitrogens with one attached hydrogen (secondary N) is 1. The van der Waals surface area contributed by atoms with Crippen LogP contribution in [0, 0.1) is 0 Å². The minimum absolute atomic E-state index is 0.724. The average molecular weight is 196 g/mol. The SMILES string of the molecule is CCNCc1cc2c(cn1)OCS2. The van der Waals surface area contributed by atoms with Crippen molar-refractivity contribution in [1.82, 2.24) is 10.3 Å². The second-order valence-corrected chi connectivity index (χ2v) is 3.77. The molecule has 0 saturated heterocycles. The van der Waals surface area contributed by atoms with Crippen LogP contribution in [0.25, 0.3) is 0 Å². The van der Waals surface area contributed by atoms with Gasteiger partial charge in [-0.15, -0.1) is 0 Å². The largest absolute Gasteiger partial charge is 0.480 e. The van der Waals surface area contributed by atoms with Gasteiger partial charge in [0, 0.05) is 6.54 Å². The summed E-state index contributed by atoms with van der Waals surface area (Å²) in [6.45, 7) is 3.90. The Morgan fingerprint density at radius 2 is 2.62 bits per heavy atom. The van der Waals surface area contributed by atoms with Crippen LogP contribution < -0.4 is 10.1 Å². The maximum Gasteiger partial charge on any atom is 0.152 e. The maximum atomic E-state index is 5.34. The Bertz CT molecular complexity index is 304. The summed E-state index contributed by atoms with van der Waals surface area (Å²) in [4.78, 5) is 5.50. The zero-order valence-electron chi connectivity index (χ0n) is 7.54. The molecule has 4 heteroatoms. The van der Waals surface area contributed by atoms with E-state index in [1.54, 1.807) is 11.8 Å². The van der Waals surface area contributed by atoms with E-state index in [0.29, 0.717) is 0 Å². The van der Waals surface area contributed by atoms with Crippen LogP contribution in [0.15, 0.2) is 17.2 Å². The van der Waals surface area contributed by atoms with Crippen molar-refractivity contribution < 1.29 is 4.74 Å². The Hall–Kier alpha value is -0.740. The highest BCUT2D eigenvalue weighted by Gasteiger charge is 2.13. The lowest BCUT2D eigenvalue weighted by Crippen LogP contribution is -2.12. The molecule has 0 saturated carbocycles. The molecule has 0 spiro atoms. The molecule has 2 heterocycles. The van der Waals surface area contributed by atoms with Gasteiger partial charge in [-0.25, -0.2) is 0 Å². The van der Waals surface area contributed by atoms with Crippen molar-refractivity contribution in [3.63, 3.8) is 0 Å². The van der Waals surface area contributed by atoms with Gasteiger partial charge in [-0.05, 0) is 12.6 Å². The first-order chi connectivity index (χ1) is 6.40.